The standard InChI is InChI=1S/C15H16ClNO2S/c1-2-19-13-6-7-14(17)15(9-13)20(18)10-11-4-3-5-12(16)8-11/h3-9H,2,10,17H2,1H3. The summed E-state index contributed by atoms with van der Waals surface area (Å²) in [6.07, 6.45) is 0. The lowest BCUT2D eigenvalue weighted by molar-refractivity contribution is 0.339. The summed E-state index contributed by atoms with van der Waals surface area (Å²) in [6.45, 7) is 2.46. The van der Waals surface area contributed by atoms with Gasteiger partial charge in [-0.15, -0.1) is 0 Å². The van der Waals surface area contributed by atoms with Gasteiger partial charge < -0.3 is 10.5 Å². The molecular formula is C15H16ClNO2S. The topological polar surface area (TPSA) is 52.3 Å². The van der Waals surface area contributed by atoms with Crippen molar-refractivity contribution in [3.05, 3.63) is 53.1 Å². The van der Waals surface area contributed by atoms with Crippen molar-refractivity contribution in [1.82, 2.24) is 0 Å². The average Bonchev–Trinajstić information content (AvgIpc) is 2.41. The van der Waals surface area contributed by atoms with Crippen LogP contribution in [0, 0.1) is 0 Å². The van der Waals surface area contributed by atoms with Gasteiger partial charge in [-0.05, 0) is 42.8 Å². The van der Waals surface area contributed by atoms with Gasteiger partial charge in [0.25, 0.3) is 0 Å². The Labute approximate surface area is 126 Å². The van der Waals surface area contributed by atoms with Crippen LogP contribution in [0.1, 0.15) is 12.5 Å². The van der Waals surface area contributed by atoms with Crippen molar-refractivity contribution in [3.63, 3.8) is 0 Å². The summed E-state index contributed by atoms with van der Waals surface area (Å²) in [4.78, 5) is 0.593. The molecule has 2 aromatic rings. The van der Waals surface area contributed by atoms with Crippen LogP contribution >= 0.6 is 11.6 Å². The first kappa shape index (κ1) is 14.9. The molecule has 0 bridgehead atoms. The molecule has 20 heavy (non-hydrogen) atoms. The third-order valence-electron chi connectivity index (χ3n) is 2.73. The third-order valence-corrected chi connectivity index (χ3v) is 4.40. The fourth-order valence-electron chi connectivity index (χ4n) is 1.82. The van der Waals surface area contributed by atoms with E-state index in [1.54, 1.807) is 24.3 Å². The number of hydrogen-bond acceptors (Lipinski definition) is 3. The summed E-state index contributed by atoms with van der Waals surface area (Å²) >= 11 is 5.93. The molecule has 2 N–H and O–H groups in total. The van der Waals surface area contributed by atoms with Gasteiger partial charge in [0.1, 0.15) is 5.75 Å². The molecule has 5 heteroatoms. The van der Waals surface area contributed by atoms with Crippen LogP contribution in [0.5, 0.6) is 5.75 Å². The van der Waals surface area contributed by atoms with Gasteiger partial charge in [0.2, 0.25) is 0 Å². The smallest absolute Gasteiger partial charge is 0.120 e. The first-order valence-corrected chi connectivity index (χ1v) is 7.95. The largest absolute Gasteiger partial charge is 0.494 e. The maximum atomic E-state index is 12.4. The van der Waals surface area contributed by atoms with Gasteiger partial charge in [-0.2, -0.15) is 0 Å². The molecule has 3 nitrogen and oxygen atoms in total. The summed E-state index contributed by atoms with van der Waals surface area (Å²) in [5.74, 6) is 1.05. The van der Waals surface area contributed by atoms with Crippen molar-refractivity contribution in [1.29, 1.82) is 0 Å². The first-order valence-electron chi connectivity index (χ1n) is 6.25. The predicted molar refractivity (Wildman–Crippen MR) is 83.6 cm³/mol. The van der Waals surface area contributed by atoms with Crippen molar-refractivity contribution >= 4 is 28.1 Å². The molecule has 0 amide bonds. The van der Waals surface area contributed by atoms with E-state index in [4.69, 9.17) is 22.1 Å². The van der Waals surface area contributed by atoms with Crippen LogP contribution < -0.4 is 10.5 Å². The average molecular weight is 310 g/mol. The van der Waals surface area contributed by atoms with Gasteiger partial charge in [-0.3, -0.25) is 4.21 Å². The van der Waals surface area contributed by atoms with Crippen molar-refractivity contribution in [3.8, 4) is 5.75 Å². The lowest BCUT2D eigenvalue weighted by atomic mass is 10.2. The zero-order chi connectivity index (χ0) is 14.5. The predicted octanol–water partition coefficient (Wildman–Crippen LogP) is 3.63. The van der Waals surface area contributed by atoms with E-state index >= 15 is 0 Å². The molecule has 1 unspecified atom stereocenters. The summed E-state index contributed by atoms with van der Waals surface area (Å²) in [6, 6.07) is 12.6. The van der Waals surface area contributed by atoms with E-state index in [9.17, 15) is 4.21 Å². The molecule has 0 radical (unpaired) electrons. The van der Waals surface area contributed by atoms with Gasteiger partial charge in [0, 0.05) is 10.7 Å². The van der Waals surface area contributed by atoms with Crippen molar-refractivity contribution < 1.29 is 8.95 Å². The Hall–Kier alpha value is -1.52. The molecule has 0 aliphatic rings. The number of rotatable bonds is 5. The number of hydrogen-bond donors (Lipinski definition) is 1. The van der Waals surface area contributed by atoms with Gasteiger partial charge in [0.05, 0.1) is 28.1 Å². The van der Waals surface area contributed by atoms with E-state index in [0.717, 1.165) is 5.56 Å². The molecule has 0 aliphatic heterocycles. The maximum Gasteiger partial charge on any atom is 0.120 e. The SMILES string of the molecule is CCOc1ccc(N)c(S(=O)Cc2cccc(Cl)c2)c1. The fraction of sp³-hybridized carbons (Fsp3) is 0.200. The van der Waals surface area contributed by atoms with Crippen molar-refractivity contribution in [2.75, 3.05) is 12.3 Å². The zero-order valence-corrected chi connectivity index (χ0v) is 12.7. The Balaban J connectivity index is 2.22. The summed E-state index contributed by atoms with van der Waals surface area (Å²) < 4.78 is 17.8. The zero-order valence-electron chi connectivity index (χ0n) is 11.1. The highest BCUT2D eigenvalue weighted by molar-refractivity contribution is 7.84. The molecule has 0 saturated carbocycles. The Kier molecular flexibility index (Phi) is 5.04. The number of nitrogens with two attached hydrogens (primary N) is 1. The van der Waals surface area contributed by atoms with E-state index < -0.39 is 10.8 Å². The minimum atomic E-state index is -1.23. The molecule has 0 saturated heterocycles. The van der Waals surface area contributed by atoms with Crippen LogP contribution in [0.2, 0.25) is 5.02 Å². The summed E-state index contributed by atoms with van der Waals surface area (Å²) in [5, 5.41) is 0.635. The van der Waals surface area contributed by atoms with Gasteiger partial charge in [-0.1, -0.05) is 23.7 Å². The Morgan fingerprint density at radius 2 is 2.05 bits per heavy atom. The second-order valence-corrected chi connectivity index (χ2v) is 6.11. The molecular weight excluding hydrogens is 294 g/mol. The van der Waals surface area contributed by atoms with E-state index in [0.29, 0.717) is 33.7 Å². The lowest BCUT2D eigenvalue weighted by Gasteiger charge is -2.09. The van der Waals surface area contributed by atoms with Crippen LogP contribution in [0.25, 0.3) is 0 Å². The van der Waals surface area contributed by atoms with Crippen LogP contribution in [0.3, 0.4) is 0 Å². The first-order chi connectivity index (χ1) is 9.60. The molecule has 1 atom stereocenters. The normalized spacial score (nSPS) is 12.1. The highest BCUT2D eigenvalue weighted by Crippen LogP contribution is 2.25. The van der Waals surface area contributed by atoms with Gasteiger partial charge >= 0.3 is 0 Å². The van der Waals surface area contributed by atoms with E-state index in [1.807, 2.05) is 25.1 Å². The number of anilines is 1. The molecule has 0 spiro atoms. The van der Waals surface area contributed by atoms with E-state index in [1.165, 1.54) is 0 Å². The number of halogens is 1. The number of ether oxygens (including phenoxy) is 1. The summed E-state index contributed by atoms with van der Waals surface area (Å²) in [7, 11) is -1.23. The van der Waals surface area contributed by atoms with Crippen molar-refractivity contribution in [2.45, 2.75) is 17.6 Å². The highest BCUT2D eigenvalue weighted by Gasteiger charge is 2.11. The van der Waals surface area contributed by atoms with Crippen LogP contribution in [-0.2, 0) is 16.6 Å². The monoisotopic (exact) mass is 309 g/mol. The minimum absolute atomic E-state index is 0.375. The van der Waals surface area contributed by atoms with Crippen molar-refractivity contribution in [2.24, 2.45) is 0 Å². The third kappa shape index (κ3) is 3.74. The number of benzene rings is 2. The summed E-state index contributed by atoms with van der Waals surface area (Å²) in [5.41, 5.74) is 7.32. The molecule has 0 aliphatic carbocycles. The maximum absolute atomic E-state index is 12.4. The van der Waals surface area contributed by atoms with Crippen LogP contribution in [0.15, 0.2) is 47.4 Å². The lowest BCUT2D eigenvalue weighted by Crippen LogP contribution is -2.02. The Bertz CT molecular complexity index is 631. The van der Waals surface area contributed by atoms with Gasteiger partial charge in [-0.25, -0.2) is 0 Å². The van der Waals surface area contributed by atoms with Crippen LogP contribution in [-0.4, -0.2) is 10.8 Å². The molecule has 0 heterocycles. The van der Waals surface area contributed by atoms with Gasteiger partial charge in [0.15, 0.2) is 0 Å². The molecule has 106 valence electrons. The molecule has 2 rings (SSSR count). The molecule has 0 fully saturated rings. The molecule has 0 aromatic heterocycles. The molecule has 2 aromatic carbocycles. The van der Waals surface area contributed by atoms with Crippen LogP contribution in [0.4, 0.5) is 5.69 Å². The fourth-order valence-corrected chi connectivity index (χ4v) is 3.25. The minimum Gasteiger partial charge on any atom is -0.494 e. The second kappa shape index (κ2) is 6.77. The van der Waals surface area contributed by atoms with E-state index in [2.05, 4.69) is 0 Å². The van der Waals surface area contributed by atoms with E-state index in [-0.39, 0.29) is 0 Å². The Morgan fingerprint density at radius 1 is 1.25 bits per heavy atom. The number of nitrogen functional groups attached to an aromatic ring is 1. The quantitative estimate of drug-likeness (QED) is 0.858. The Morgan fingerprint density at radius 3 is 2.75 bits per heavy atom. The second-order valence-electron chi connectivity index (χ2n) is 4.25. The highest BCUT2D eigenvalue weighted by atomic mass is 35.5.